The minimum absolute atomic E-state index is 0.253. The van der Waals surface area contributed by atoms with Gasteiger partial charge in [0, 0.05) is 4.47 Å². The summed E-state index contributed by atoms with van der Waals surface area (Å²) < 4.78 is 11.1. The number of halogens is 1. The summed E-state index contributed by atoms with van der Waals surface area (Å²) >= 11 is 3.27. The number of nitrogens with one attached hydrogen (secondary N) is 2. The highest BCUT2D eigenvalue weighted by Gasteiger charge is 2.11. The summed E-state index contributed by atoms with van der Waals surface area (Å²) in [5, 5.41) is 0. The van der Waals surface area contributed by atoms with Crippen molar-refractivity contribution in [1.29, 1.82) is 0 Å². The van der Waals surface area contributed by atoms with Crippen molar-refractivity contribution in [2.75, 3.05) is 13.7 Å². The van der Waals surface area contributed by atoms with Gasteiger partial charge in [0.05, 0.1) is 12.7 Å². The Bertz CT molecular complexity index is 706. The van der Waals surface area contributed by atoms with Crippen LogP contribution in [0, 0.1) is 0 Å². The second-order valence-corrected chi connectivity index (χ2v) is 5.28. The lowest BCUT2D eigenvalue weighted by Gasteiger charge is -2.11. The minimum Gasteiger partial charge on any atom is -0.493 e. The van der Waals surface area contributed by atoms with Gasteiger partial charge in [-0.05, 0) is 40.2 Å². The van der Waals surface area contributed by atoms with Crippen molar-refractivity contribution >= 4 is 27.7 Å². The van der Waals surface area contributed by atoms with Crippen LogP contribution in [0.2, 0.25) is 0 Å². The fourth-order valence-electron chi connectivity index (χ4n) is 1.76. The van der Waals surface area contributed by atoms with Gasteiger partial charge in [-0.3, -0.25) is 20.4 Å². The molecule has 2 N–H and O–H groups in total. The summed E-state index contributed by atoms with van der Waals surface area (Å²) in [6.07, 6.45) is 0. The third kappa shape index (κ3) is 4.72. The number of methoxy groups -OCH3 is 1. The lowest BCUT2D eigenvalue weighted by molar-refractivity contribution is -0.123. The number of hydrazine groups is 1. The molecule has 2 aromatic rings. The van der Waals surface area contributed by atoms with Gasteiger partial charge >= 0.3 is 0 Å². The van der Waals surface area contributed by atoms with E-state index in [1.54, 1.807) is 48.5 Å². The first-order chi connectivity index (χ1) is 11.1. The molecule has 0 fully saturated rings. The molecule has 7 heteroatoms. The van der Waals surface area contributed by atoms with Gasteiger partial charge in [-0.2, -0.15) is 0 Å². The largest absolute Gasteiger partial charge is 0.493 e. The third-order valence-corrected chi connectivity index (χ3v) is 3.55. The van der Waals surface area contributed by atoms with E-state index in [2.05, 4.69) is 26.8 Å². The average Bonchev–Trinajstić information content (AvgIpc) is 2.58. The van der Waals surface area contributed by atoms with Crippen molar-refractivity contribution in [2.45, 2.75) is 0 Å². The zero-order valence-electron chi connectivity index (χ0n) is 12.3. The highest BCUT2D eigenvalue weighted by Crippen LogP contribution is 2.25. The number of rotatable bonds is 5. The van der Waals surface area contributed by atoms with E-state index in [9.17, 15) is 9.59 Å². The Morgan fingerprint density at radius 2 is 1.65 bits per heavy atom. The number of benzene rings is 2. The maximum atomic E-state index is 11.9. The molecule has 0 spiro atoms. The van der Waals surface area contributed by atoms with Crippen molar-refractivity contribution < 1.29 is 19.1 Å². The van der Waals surface area contributed by atoms with E-state index < -0.39 is 11.8 Å². The highest BCUT2D eigenvalue weighted by molar-refractivity contribution is 9.10. The number of amides is 2. The van der Waals surface area contributed by atoms with Crippen LogP contribution in [0.4, 0.5) is 0 Å². The van der Waals surface area contributed by atoms with E-state index in [0.29, 0.717) is 21.5 Å². The van der Waals surface area contributed by atoms with Gasteiger partial charge in [-0.1, -0.05) is 24.3 Å². The van der Waals surface area contributed by atoms with Gasteiger partial charge in [-0.15, -0.1) is 0 Å². The molecule has 0 saturated heterocycles. The van der Waals surface area contributed by atoms with Gasteiger partial charge in [0.2, 0.25) is 0 Å². The molecule has 2 aromatic carbocycles. The number of hydrogen-bond donors (Lipinski definition) is 2. The zero-order valence-corrected chi connectivity index (χ0v) is 13.9. The highest BCUT2D eigenvalue weighted by atomic mass is 79.9. The van der Waals surface area contributed by atoms with Gasteiger partial charge in [0.1, 0.15) is 0 Å². The van der Waals surface area contributed by atoms with Crippen molar-refractivity contribution in [1.82, 2.24) is 10.9 Å². The van der Waals surface area contributed by atoms with E-state index in [0.717, 1.165) is 0 Å². The van der Waals surface area contributed by atoms with E-state index in [-0.39, 0.29) is 6.61 Å². The van der Waals surface area contributed by atoms with Gasteiger partial charge in [0.25, 0.3) is 11.8 Å². The normalized spacial score (nSPS) is 9.83. The van der Waals surface area contributed by atoms with Crippen LogP contribution in [-0.4, -0.2) is 25.5 Å². The molecule has 6 nitrogen and oxygen atoms in total. The van der Waals surface area contributed by atoms with Crippen molar-refractivity contribution in [3.8, 4) is 11.5 Å². The molecule has 23 heavy (non-hydrogen) atoms. The first kappa shape index (κ1) is 16.8. The van der Waals surface area contributed by atoms with E-state index >= 15 is 0 Å². The van der Waals surface area contributed by atoms with Crippen molar-refractivity contribution in [3.05, 3.63) is 58.6 Å². The van der Waals surface area contributed by atoms with E-state index in [4.69, 9.17) is 9.47 Å². The molecule has 0 heterocycles. The third-order valence-electron chi connectivity index (χ3n) is 2.86. The molecule has 120 valence electrons. The average molecular weight is 379 g/mol. The molecule has 0 aliphatic rings. The summed E-state index contributed by atoms with van der Waals surface area (Å²) in [5.41, 5.74) is 5.03. The van der Waals surface area contributed by atoms with Crippen LogP contribution in [0.5, 0.6) is 11.5 Å². The topological polar surface area (TPSA) is 76.7 Å². The van der Waals surface area contributed by atoms with Crippen LogP contribution >= 0.6 is 15.9 Å². The van der Waals surface area contributed by atoms with Gasteiger partial charge < -0.3 is 9.47 Å². The quantitative estimate of drug-likeness (QED) is 0.782. The molecule has 0 aliphatic carbocycles. The Morgan fingerprint density at radius 1 is 1.00 bits per heavy atom. The Labute approximate surface area is 141 Å². The molecule has 0 saturated carbocycles. The second kappa shape index (κ2) is 8.19. The molecule has 0 atom stereocenters. The summed E-state index contributed by atoms with van der Waals surface area (Å²) in [6, 6.07) is 13.9. The van der Waals surface area contributed by atoms with Crippen LogP contribution in [0.3, 0.4) is 0 Å². The molecular weight excluding hydrogens is 364 g/mol. The molecule has 0 radical (unpaired) electrons. The van der Waals surface area contributed by atoms with Crippen LogP contribution in [0.15, 0.2) is 53.0 Å². The molecular formula is C16H15BrN2O4. The Morgan fingerprint density at radius 3 is 2.35 bits per heavy atom. The summed E-state index contributed by atoms with van der Waals surface area (Å²) in [7, 11) is 1.51. The number of ether oxygens (including phenoxy) is 2. The van der Waals surface area contributed by atoms with E-state index in [1.807, 2.05) is 0 Å². The van der Waals surface area contributed by atoms with Gasteiger partial charge in [-0.25, -0.2) is 0 Å². The van der Waals surface area contributed by atoms with Crippen LogP contribution < -0.4 is 20.3 Å². The predicted octanol–water partition coefficient (Wildman–Crippen LogP) is 2.30. The van der Waals surface area contributed by atoms with Crippen molar-refractivity contribution in [2.24, 2.45) is 0 Å². The SMILES string of the molecule is COc1ccccc1OCC(=O)NNC(=O)c1ccccc1Br. The predicted molar refractivity (Wildman–Crippen MR) is 88.2 cm³/mol. The number of carbonyl (C=O) groups is 2. The monoisotopic (exact) mass is 378 g/mol. The van der Waals surface area contributed by atoms with E-state index in [1.165, 1.54) is 7.11 Å². The molecule has 2 rings (SSSR count). The first-order valence-electron chi connectivity index (χ1n) is 6.71. The lowest BCUT2D eigenvalue weighted by atomic mass is 10.2. The molecule has 0 unspecified atom stereocenters. The minimum atomic E-state index is -0.490. The zero-order chi connectivity index (χ0) is 16.7. The maximum Gasteiger partial charge on any atom is 0.276 e. The Hall–Kier alpha value is -2.54. The fraction of sp³-hybridized carbons (Fsp3) is 0.125. The molecule has 0 aliphatic heterocycles. The maximum absolute atomic E-state index is 11.9. The smallest absolute Gasteiger partial charge is 0.276 e. The lowest BCUT2D eigenvalue weighted by Crippen LogP contribution is -2.43. The second-order valence-electron chi connectivity index (χ2n) is 4.42. The van der Waals surface area contributed by atoms with Crippen LogP contribution in [0.1, 0.15) is 10.4 Å². The van der Waals surface area contributed by atoms with Crippen LogP contribution in [0.25, 0.3) is 0 Å². The Balaban J connectivity index is 1.84. The number of carbonyl (C=O) groups excluding carboxylic acids is 2. The Kier molecular flexibility index (Phi) is 5.99. The van der Waals surface area contributed by atoms with Gasteiger partial charge in [0.15, 0.2) is 18.1 Å². The number of para-hydroxylation sites is 2. The standard InChI is InChI=1S/C16H15BrN2O4/c1-22-13-8-4-5-9-14(13)23-10-15(20)18-19-16(21)11-6-2-3-7-12(11)17/h2-9H,10H2,1H3,(H,18,20)(H,19,21). The van der Waals surface area contributed by atoms with Crippen LogP contribution in [-0.2, 0) is 4.79 Å². The molecule has 0 bridgehead atoms. The van der Waals surface area contributed by atoms with Crippen molar-refractivity contribution in [3.63, 3.8) is 0 Å². The fourth-order valence-corrected chi connectivity index (χ4v) is 2.22. The summed E-state index contributed by atoms with van der Waals surface area (Å²) in [5.74, 6) is 0.0549. The molecule has 0 aromatic heterocycles. The molecule has 2 amide bonds. The number of hydrogen-bond acceptors (Lipinski definition) is 4. The summed E-state index contributed by atoms with van der Waals surface area (Å²) in [6.45, 7) is -0.253. The first-order valence-corrected chi connectivity index (χ1v) is 7.50. The summed E-state index contributed by atoms with van der Waals surface area (Å²) in [4.78, 5) is 23.7.